The molecule has 16 heavy (non-hydrogen) atoms. The van der Waals surface area contributed by atoms with Crippen molar-refractivity contribution in [3.63, 3.8) is 0 Å². The number of aromatic nitrogens is 1. The van der Waals surface area contributed by atoms with Gasteiger partial charge in [0, 0.05) is 31.5 Å². The molecule has 0 amide bonds. The summed E-state index contributed by atoms with van der Waals surface area (Å²) in [5.74, 6) is 0.442. The van der Waals surface area contributed by atoms with E-state index < -0.39 is 0 Å². The fourth-order valence-electron chi connectivity index (χ4n) is 1.92. The molecular formula is C12H18N2O2. The van der Waals surface area contributed by atoms with Crippen molar-refractivity contribution >= 4 is 0 Å². The van der Waals surface area contributed by atoms with Crippen molar-refractivity contribution in [1.82, 2.24) is 9.88 Å². The Hall–Kier alpha value is -1.29. The molecule has 1 saturated heterocycles. The lowest BCUT2D eigenvalue weighted by Gasteiger charge is -2.23. The molecule has 0 spiro atoms. The molecule has 1 aliphatic heterocycles. The van der Waals surface area contributed by atoms with Gasteiger partial charge in [-0.15, -0.1) is 0 Å². The molecule has 0 aliphatic carbocycles. The minimum atomic E-state index is -0.0473. The highest BCUT2D eigenvalue weighted by molar-refractivity contribution is 5.17. The number of nitrogens with one attached hydrogen (secondary N) is 1. The summed E-state index contributed by atoms with van der Waals surface area (Å²) in [5, 5.41) is 3.39. The summed E-state index contributed by atoms with van der Waals surface area (Å²) in [6, 6.07) is 1.92. The van der Waals surface area contributed by atoms with E-state index in [1.54, 1.807) is 12.4 Å². The molecule has 0 radical (unpaired) electrons. The van der Waals surface area contributed by atoms with Crippen LogP contribution in [0.1, 0.15) is 19.3 Å². The lowest BCUT2D eigenvalue weighted by atomic mass is 10.1. The Balaban J connectivity index is 1.93. The van der Waals surface area contributed by atoms with E-state index in [0.717, 1.165) is 13.0 Å². The van der Waals surface area contributed by atoms with Gasteiger partial charge in [-0.05, 0) is 19.4 Å². The summed E-state index contributed by atoms with van der Waals surface area (Å²) in [5.41, 5.74) is -0.0473. The quantitative estimate of drug-likeness (QED) is 0.826. The first-order chi connectivity index (χ1) is 7.75. The Kier molecular flexibility index (Phi) is 3.62. The maximum atomic E-state index is 11.5. The molecular weight excluding hydrogens is 204 g/mol. The van der Waals surface area contributed by atoms with Crippen molar-refractivity contribution in [2.45, 2.75) is 25.3 Å². The molecule has 4 nitrogen and oxygen atoms in total. The minimum absolute atomic E-state index is 0.0473. The van der Waals surface area contributed by atoms with Crippen LogP contribution in [0.25, 0.3) is 0 Å². The van der Waals surface area contributed by atoms with Crippen LogP contribution >= 0.6 is 0 Å². The van der Waals surface area contributed by atoms with Crippen LogP contribution < -0.4 is 15.5 Å². The van der Waals surface area contributed by atoms with E-state index in [2.05, 4.69) is 5.32 Å². The third kappa shape index (κ3) is 2.85. The number of aryl methyl sites for hydroxylation is 1. The summed E-state index contributed by atoms with van der Waals surface area (Å²) >= 11 is 0. The van der Waals surface area contributed by atoms with Crippen LogP contribution in [0, 0.1) is 0 Å². The van der Waals surface area contributed by atoms with Crippen LogP contribution in [-0.2, 0) is 7.05 Å². The van der Waals surface area contributed by atoms with Crippen molar-refractivity contribution in [3.05, 3.63) is 28.7 Å². The van der Waals surface area contributed by atoms with Crippen molar-refractivity contribution in [3.8, 4) is 5.75 Å². The Morgan fingerprint density at radius 1 is 1.56 bits per heavy atom. The van der Waals surface area contributed by atoms with Crippen LogP contribution in [0.5, 0.6) is 5.75 Å². The van der Waals surface area contributed by atoms with Gasteiger partial charge in [0.15, 0.2) is 5.75 Å². The standard InChI is InChI=1S/C12H18N2O2/c1-14-7-5-11(15)12(8-14)16-9-10-4-2-3-6-13-10/h5,7-8,10,13H,2-4,6,9H2,1H3. The second-order valence-electron chi connectivity index (χ2n) is 4.30. The molecule has 88 valence electrons. The van der Waals surface area contributed by atoms with Crippen molar-refractivity contribution in [2.75, 3.05) is 13.2 Å². The van der Waals surface area contributed by atoms with Gasteiger partial charge in [-0.3, -0.25) is 4.79 Å². The van der Waals surface area contributed by atoms with E-state index in [1.165, 1.54) is 18.9 Å². The third-order valence-electron chi connectivity index (χ3n) is 2.88. The highest BCUT2D eigenvalue weighted by atomic mass is 16.5. The molecule has 1 aromatic rings. The Bertz CT molecular complexity index is 394. The van der Waals surface area contributed by atoms with E-state index in [1.807, 2.05) is 11.6 Å². The van der Waals surface area contributed by atoms with Crippen molar-refractivity contribution < 1.29 is 4.74 Å². The fraction of sp³-hybridized carbons (Fsp3) is 0.583. The van der Waals surface area contributed by atoms with Crippen LogP contribution in [0.4, 0.5) is 0 Å². The summed E-state index contributed by atoms with van der Waals surface area (Å²) in [4.78, 5) is 11.5. The monoisotopic (exact) mass is 222 g/mol. The van der Waals surface area contributed by atoms with Gasteiger partial charge in [0.1, 0.15) is 6.61 Å². The van der Waals surface area contributed by atoms with Gasteiger partial charge < -0.3 is 14.6 Å². The summed E-state index contributed by atoms with van der Waals surface area (Å²) in [6.07, 6.45) is 7.07. The topological polar surface area (TPSA) is 43.3 Å². The molecule has 0 bridgehead atoms. The highest BCUT2D eigenvalue weighted by Crippen LogP contribution is 2.09. The largest absolute Gasteiger partial charge is 0.486 e. The maximum absolute atomic E-state index is 11.5. The van der Waals surface area contributed by atoms with E-state index in [-0.39, 0.29) is 5.43 Å². The predicted octanol–water partition coefficient (Wildman–Crippen LogP) is 0.906. The Morgan fingerprint density at radius 3 is 3.19 bits per heavy atom. The molecule has 1 unspecified atom stereocenters. The van der Waals surface area contributed by atoms with E-state index >= 15 is 0 Å². The third-order valence-corrected chi connectivity index (χ3v) is 2.88. The van der Waals surface area contributed by atoms with Gasteiger partial charge in [-0.25, -0.2) is 0 Å². The van der Waals surface area contributed by atoms with Gasteiger partial charge in [-0.1, -0.05) is 6.42 Å². The lowest BCUT2D eigenvalue weighted by molar-refractivity contribution is 0.236. The normalized spacial score (nSPS) is 20.7. The first kappa shape index (κ1) is 11.2. The predicted molar refractivity (Wildman–Crippen MR) is 62.8 cm³/mol. The molecule has 4 heteroatoms. The number of pyridine rings is 1. The SMILES string of the molecule is Cn1ccc(=O)c(OCC2CCCCN2)c1. The highest BCUT2D eigenvalue weighted by Gasteiger charge is 2.13. The number of nitrogens with zero attached hydrogens (tertiary/aromatic N) is 1. The first-order valence-electron chi connectivity index (χ1n) is 5.78. The Labute approximate surface area is 95.2 Å². The molecule has 1 fully saturated rings. The molecule has 2 heterocycles. The summed E-state index contributed by atoms with van der Waals surface area (Å²) in [6.45, 7) is 1.64. The van der Waals surface area contributed by atoms with E-state index in [4.69, 9.17) is 4.74 Å². The number of rotatable bonds is 3. The molecule has 0 aromatic carbocycles. The maximum Gasteiger partial charge on any atom is 0.223 e. The zero-order valence-electron chi connectivity index (χ0n) is 9.61. The molecule has 1 N–H and O–H groups in total. The van der Waals surface area contributed by atoms with Gasteiger partial charge in [-0.2, -0.15) is 0 Å². The lowest BCUT2D eigenvalue weighted by Crippen LogP contribution is -2.38. The number of ether oxygens (including phenoxy) is 1. The van der Waals surface area contributed by atoms with Crippen LogP contribution in [0.3, 0.4) is 0 Å². The van der Waals surface area contributed by atoms with Crippen molar-refractivity contribution in [1.29, 1.82) is 0 Å². The first-order valence-corrected chi connectivity index (χ1v) is 5.78. The number of piperidine rings is 1. The summed E-state index contributed by atoms with van der Waals surface area (Å²) < 4.78 is 7.39. The number of hydrogen-bond donors (Lipinski definition) is 1. The van der Waals surface area contributed by atoms with E-state index in [9.17, 15) is 4.79 Å². The zero-order valence-corrected chi connectivity index (χ0v) is 9.61. The van der Waals surface area contributed by atoms with E-state index in [0.29, 0.717) is 18.4 Å². The minimum Gasteiger partial charge on any atom is -0.486 e. The second-order valence-corrected chi connectivity index (χ2v) is 4.30. The second kappa shape index (κ2) is 5.16. The zero-order chi connectivity index (χ0) is 11.4. The summed E-state index contributed by atoms with van der Waals surface area (Å²) in [7, 11) is 1.88. The fourth-order valence-corrected chi connectivity index (χ4v) is 1.92. The van der Waals surface area contributed by atoms with Crippen molar-refractivity contribution in [2.24, 2.45) is 7.05 Å². The molecule has 2 rings (SSSR count). The van der Waals surface area contributed by atoms with Gasteiger partial charge in [0.05, 0.1) is 0 Å². The molecule has 0 saturated carbocycles. The van der Waals surface area contributed by atoms with Crippen LogP contribution in [-0.4, -0.2) is 23.8 Å². The smallest absolute Gasteiger partial charge is 0.223 e. The average Bonchev–Trinajstić information content (AvgIpc) is 2.32. The molecule has 1 aromatic heterocycles. The van der Waals surface area contributed by atoms with Gasteiger partial charge in [0.2, 0.25) is 5.43 Å². The number of hydrogen-bond acceptors (Lipinski definition) is 3. The molecule has 1 atom stereocenters. The van der Waals surface area contributed by atoms with Crippen LogP contribution in [0.2, 0.25) is 0 Å². The Morgan fingerprint density at radius 2 is 2.44 bits per heavy atom. The average molecular weight is 222 g/mol. The van der Waals surface area contributed by atoms with Gasteiger partial charge >= 0.3 is 0 Å². The van der Waals surface area contributed by atoms with Crippen LogP contribution in [0.15, 0.2) is 23.3 Å². The molecule has 1 aliphatic rings. The van der Waals surface area contributed by atoms with Gasteiger partial charge in [0.25, 0.3) is 0 Å².